The molecule has 1 N–H and O–H groups in total. The van der Waals surface area contributed by atoms with Crippen LogP contribution >= 0.6 is 0 Å². The molecule has 2 rings (SSSR count). The highest BCUT2D eigenvalue weighted by atomic mass is 16.2. The van der Waals surface area contributed by atoms with Crippen molar-refractivity contribution in [1.82, 2.24) is 20.1 Å². The second kappa shape index (κ2) is 6.17. The molecule has 0 aliphatic heterocycles. The van der Waals surface area contributed by atoms with Crippen molar-refractivity contribution in [2.45, 2.75) is 58.9 Å². The monoisotopic (exact) mass is 264 g/mol. The molecule has 1 aliphatic carbocycles. The molecule has 0 aromatic carbocycles. The summed E-state index contributed by atoms with van der Waals surface area (Å²) in [5.74, 6) is 1.74. The lowest BCUT2D eigenvalue weighted by molar-refractivity contribution is 0.0723. The maximum absolute atomic E-state index is 12.4. The topological polar surface area (TPSA) is 61.9 Å². The zero-order valence-corrected chi connectivity index (χ0v) is 12.1. The van der Waals surface area contributed by atoms with Crippen LogP contribution in [0.5, 0.6) is 0 Å². The van der Waals surface area contributed by atoms with Gasteiger partial charge in [0.2, 0.25) is 5.82 Å². The van der Waals surface area contributed by atoms with Crippen LogP contribution in [-0.2, 0) is 6.42 Å². The standard InChI is InChI=1S/C14H24N4O/c1-4-5-12-15-13(17-16-12)14(19)18(11-6-7-11)9-8-10(2)3/h10-11H,4-9H2,1-3H3,(H,15,16,17). The van der Waals surface area contributed by atoms with Crippen molar-refractivity contribution < 1.29 is 4.79 Å². The number of rotatable bonds is 7. The molecule has 1 heterocycles. The minimum absolute atomic E-state index is 0.0123. The van der Waals surface area contributed by atoms with Crippen molar-refractivity contribution in [2.24, 2.45) is 5.92 Å². The molecular formula is C14H24N4O. The molecule has 106 valence electrons. The SMILES string of the molecule is CCCc1nc(C(=O)N(CCC(C)C)C2CC2)n[nH]1. The number of aryl methyl sites for hydroxylation is 1. The molecule has 1 aromatic rings. The number of aromatic nitrogens is 3. The Balaban J connectivity index is 2.01. The van der Waals surface area contributed by atoms with Crippen molar-refractivity contribution in [3.05, 3.63) is 11.6 Å². The maximum atomic E-state index is 12.4. The Labute approximate surface area is 114 Å². The molecule has 0 radical (unpaired) electrons. The predicted molar refractivity (Wildman–Crippen MR) is 73.9 cm³/mol. The van der Waals surface area contributed by atoms with Gasteiger partial charge in [-0.3, -0.25) is 9.89 Å². The van der Waals surface area contributed by atoms with Gasteiger partial charge in [0.05, 0.1) is 0 Å². The van der Waals surface area contributed by atoms with Crippen LogP contribution in [0.2, 0.25) is 0 Å². The van der Waals surface area contributed by atoms with E-state index in [-0.39, 0.29) is 5.91 Å². The van der Waals surface area contributed by atoms with Crippen LogP contribution in [-0.4, -0.2) is 38.6 Å². The van der Waals surface area contributed by atoms with Crippen LogP contribution in [0.3, 0.4) is 0 Å². The minimum Gasteiger partial charge on any atom is -0.333 e. The first-order chi connectivity index (χ1) is 9.11. The van der Waals surface area contributed by atoms with Crippen LogP contribution in [0.4, 0.5) is 0 Å². The fraction of sp³-hybridized carbons (Fsp3) is 0.786. The Bertz CT molecular complexity index is 423. The number of hydrogen-bond donors (Lipinski definition) is 1. The van der Waals surface area contributed by atoms with Gasteiger partial charge in [-0.15, -0.1) is 5.10 Å². The lowest BCUT2D eigenvalue weighted by atomic mass is 10.1. The van der Waals surface area contributed by atoms with Crippen LogP contribution in [0.1, 0.15) is 62.9 Å². The van der Waals surface area contributed by atoms with Gasteiger partial charge >= 0.3 is 0 Å². The zero-order valence-electron chi connectivity index (χ0n) is 12.1. The van der Waals surface area contributed by atoms with E-state index >= 15 is 0 Å². The lowest BCUT2D eigenvalue weighted by Crippen LogP contribution is -2.35. The average Bonchev–Trinajstić information content (AvgIpc) is 3.09. The molecule has 0 bridgehead atoms. The third kappa shape index (κ3) is 3.78. The van der Waals surface area contributed by atoms with E-state index in [1.165, 1.54) is 0 Å². The molecule has 0 atom stereocenters. The molecule has 0 unspecified atom stereocenters. The van der Waals surface area contributed by atoms with E-state index in [0.717, 1.165) is 44.5 Å². The number of amides is 1. The van der Waals surface area contributed by atoms with Crippen LogP contribution in [0.15, 0.2) is 0 Å². The first-order valence-electron chi connectivity index (χ1n) is 7.34. The Hall–Kier alpha value is -1.39. The fourth-order valence-corrected chi connectivity index (χ4v) is 2.10. The van der Waals surface area contributed by atoms with Crippen LogP contribution in [0.25, 0.3) is 0 Å². The number of carbonyl (C=O) groups is 1. The van der Waals surface area contributed by atoms with Crippen molar-refractivity contribution >= 4 is 5.91 Å². The average molecular weight is 264 g/mol. The molecule has 1 fully saturated rings. The highest BCUT2D eigenvalue weighted by molar-refractivity contribution is 5.90. The van der Waals surface area contributed by atoms with Gasteiger partial charge in [0.25, 0.3) is 5.91 Å². The van der Waals surface area contributed by atoms with E-state index in [2.05, 4.69) is 36.0 Å². The Morgan fingerprint density at radius 3 is 2.79 bits per heavy atom. The van der Waals surface area contributed by atoms with Gasteiger partial charge in [0.15, 0.2) is 0 Å². The first-order valence-corrected chi connectivity index (χ1v) is 7.34. The molecule has 5 nitrogen and oxygen atoms in total. The summed E-state index contributed by atoms with van der Waals surface area (Å²) < 4.78 is 0. The molecular weight excluding hydrogens is 240 g/mol. The number of hydrogen-bond acceptors (Lipinski definition) is 3. The van der Waals surface area contributed by atoms with E-state index < -0.39 is 0 Å². The summed E-state index contributed by atoms with van der Waals surface area (Å²) in [5.41, 5.74) is 0. The van der Waals surface area contributed by atoms with Gasteiger partial charge in [0, 0.05) is 19.0 Å². The summed E-state index contributed by atoms with van der Waals surface area (Å²) in [4.78, 5) is 18.7. The van der Waals surface area contributed by atoms with Crippen molar-refractivity contribution in [1.29, 1.82) is 0 Å². The largest absolute Gasteiger partial charge is 0.333 e. The summed E-state index contributed by atoms with van der Waals surface area (Å²) in [6.45, 7) is 7.27. The molecule has 0 spiro atoms. The van der Waals surface area contributed by atoms with Gasteiger partial charge in [-0.25, -0.2) is 4.98 Å². The quantitative estimate of drug-likeness (QED) is 0.822. The molecule has 19 heavy (non-hydrogen) atoms. The number of carbonyl (C=O) groups excluding carboxylic acids is 1. The summed E-state index contributed by atoms with van der Waals surface area (Å²) >= 11 is 0. The summed E-state index contributed by atoms with van der Waals surface area (Å²) in [5, 5.41) is 6.92. The van der Waals surface area contributed by atoms with E-state index in [9.17, 15) is 4.79 Å². The second-order valence-corrected chi connectivity index (χ2v) is 5.77. The summed E-state index contributed by atoms with van der Waals surface area (Å²) in [7, 11) is 0. The Morgan fingerprint density at radius 2 is 2.21 bits per heavy atom. The highest BCUT2D eigenvalue weighted by Crippen LogP contribution is 2.28. The normalized spacial score (nSPS) is 14.9. The van der Waals surface area contributed by atoms with E-state index in [1.807, 2.05) is 4.90 Å². The van der Waals surface area contributed by atoms with Gasteiger partial charge in [-0.1, -0.05) is 20.8 Å². The maximum Gasteiger partial charge on any atom is 0.293 e. The smallest absolute Gasteiger partial charge is 0.293 e. The number of nitrogens with zero attached hydrogens (tertiary/aromatic N) is 3. The zero-order chi connectivity index (χ0) is 13.8. The number of H-pyrrole nitrogens is 1. The third-order valence-corrected chi connectivity index (χ3v) is 3.41. The van der Waals surface area contributed by atoms with Gasteiger partial charge in [-0.2, -0.15) is 0 Å². The van der Waals surface area contributed by atoms with E-state index in [1.54, 1.807) is 0 Å². The molecule has 1 aliphatic rings. The molecule has 1 saturated carbocycles. The second-order valence-electron chi connectivity index (χ2n) is 5.77. The molecule has 5 heteroatoms. The summed E-state index contributed by atoms with van der Waals surface area (Å²) in [6.07, 6.45) is 5.12. The minimum atomic E-state index is -0.0123. The molecule has 0 saturated heterocycles. The number of nitrogens with one attached hydrogen (secondary N) is 1. The lowest BCUT2D eigenvalue weighted by Gasteiger charge is -2.21. The van der Waals surface area contributed by atoms with Crippen molar-refractivity contribution in [3.63, 3.8) is 0 Å². The highest BCUT2D eigenvalue weighted by Gasteiger charge is 2.34. The van der Waals surface area contributed by atoms with Gasteiger partial charge in [0.1, 0.15) is 5.82 Å². The van der Waals surface area contributed by atoms with Gasteiger partial charge in [-0.05, 0) is 31.6 Å². The molecule has 1 amide bonds. The van der Waals surface area contributed by atoms with E-state index in [4.69, 9.17) is 0 Å². The van der Waals surface area contributed by atoms with Crippen LogP contribution < -0.4 is 0 Å². The fourth-order valence-electron chi connectivity index (χ4n) is 2.10. The number of aromatic amines is 1. The van der Waals surface area contributed by atoms with E-state index in [0.29, 0.717) is 17.8 Å². The third-order valence-electron chi connectivity index (χ3n) is 3.41. The first kappa shape index (κ1) is 14.0. The van der Waals surface area contributed by atoms with Crippen molar-refractivity contribution in [2.75, 3.05) is 6.54 Å². The predicted octanol–water partition coefficient (Wildman–Crippen LogP) is 2.41. The molecule has 1 aromatic heterocycles. The van der Waals surface area contributed by atoms with Crippen molar-refractivity contribution in [3.8, 4) is 0 Å². The van der Waals surface area contributed by atoms with Crippen LogP contribution in [0, 0.1) is 5.92 Å². The Morgan fingerprint density at radius 1 is 1.47 bits per heavy atom. The Kier molecular flexibility index (Phi) is 4.56. The summed E-state index contributed by atoms with van der Waals surface area (Å²) in [6, 6.07) is 0.416. The van der Waals surface area contributed by atoms with Gasteiger partial charge < -0.3 is 4.90 Å².